The van der Waals surface area contributed by atoms with Crippen LogP contribution in [0.3, 0.4) is 0 Å². The summed E-state index contributed by atoms with van der Waals surface area (Å²) < 4.78 is 0. The molecule has 3 nitrogen and oxygen atoms in total. The van der Waals surface area contributed by atoms with Crippen molar-refractivity contribution >= 4 is 16.7 Å². The number of aromatic hydroxyl groups is 1. The molecule has 15 heavy (non-hydrogen) atoms. The Balaban J connectivity index is 2.70. The molecule has 2 aromatic carbocycles. The number of nitrogens with one attached hydrogen (secondary N) is 1. The zero-order chi connectivity index (χ0) is 10.8. The van der Waals surface area contributed by atoms with Crippen LogP contribution in [-0.2, 0) is 0 Å². The van der Waals surface area contributed by atoms with E-state index >= 15 is 0 Å². The minimum absolute atomic E-state index is 0.0347. The average Bonchev–Trinajstić information content (AvgIpc) is 2.29. The van der Waals surface area contributed by atoms with Gasteiger partial charge in [-0.15, -0.1) is 0 Å². The molecule has 0 aliphatic heterocycles. The van der Waals surface area contributed by atoms with Gasteiger partial charge < -0.3 is 10.4 Å². The van der Waals surface area contributed by atoms with Gasteiger partial charge in [0.1, 0.15) is 5.75 Å². The Morgan fingerprint density at radius 2 is 1.93 bits per heavy atom. The molecule has 3 heteroatoms. The van der Waals surface area contributed by atoms with Gasteiger partial charge in [-0.25, -0.2) is 0 Å². The van der Waals surface area contributed by atoms with E-state index in [9.17, 15) is 9.90 Å². The quantitative estimate of drug-likeness (QED) is 0.740. The molecule has 1 amide bonds. The van der Waals surface area contributed by atoms with Gasteiger partial charge in [-0.05, 0) is 11.5 Å². The molecule has 0 aromatic heterocycles. The smallest absolute Gasteiger partial charge is 0.254 e. The van der Waals surface area contributed by atoms with Crippen molar-refractivity contribution < 1.29 is 9.90 Å². The summed E-state index contributed by atoms with van der Waals surface area (Å²) in [4.78, 5) is 11.4. The summed E-state index contributed by atoms with van der Waals surface area (Å²) in [6.45, 7) is 0. The maximum atomic E-state index is 11.4. The molecule has 0 fully saturated rings. The second kappa shape index (κ2) is 3.61. The van der Waals surface area contributed by atoms with E-state index in [2.05, 4.69) is 5.32 Å². The molecule has 0 bridgehead atoms. The second-order valence-corrected chi connectivity index (χ2v) is 3.26. The third-order valence-corrected chi connectivity index (χ3v) is 2.37. The number of fused-ring (bicyclic) bond motifs is 1. The zero-order valence-electron chi connectivity index (χ0n) is 8.32. The third kappa shape index (κ3) is 1.52. The van der Waals surface area contributed by atoms with Crippen LogP contribution in [0.4, 0.5) is 0 Å². The summed E-state index contributed by atoms with van der Waals surface area (Å²) in [5.74, 6) is -0.245. The van der Waals surface area contributed by atoms with E-state index in [1.807, 2.05) is 24.3 Å². The van der Waals surface area contributed by atoms with Crippen LogP contribution < -0.4 is 5.32 Å². The van der Waals surface area contributed by atoms with E-state index in [1.54, 1.807) is 12.1 Å². The van der Waals surface area contributed by atoms with Crippen molar-refractivity contribution in [1.82, 2.24) is 5.32 Å². The van der Waals surface area contributed by atoms with Crippen LogP contribution in [0.15, 0.2) is 36.4 Å². The van der Waals surface area contributed by atoms with Gasteiger partial charge >= 0.3 is 0 Å². The van der Waals surface area contributed by atoms with Crippen molar-refractivity contribution in [2.45, 2.75) is 0 Å². The first-order valence-electron chi connectivity index (χ1n) is 4.67. The summed E-state index contributed by atoms with van der Waals surface area (Å²) in [6.07, 6.45) is 0. The second-order valence-electron chi connectivity index (χ2n) is 3.26. The molecule has 0 spiro atoms. The Morgan fingerprint density at radius 3 is 2.67 bits per heavy atom. The summed E-state index contributed by atoms with van der Waals surface area (Å²) in [7, 11) is 1.54. The molecular formula is C12H11NO2. The van der Waals surface area contributed by atoms with E-state index in [4.69, 9.17) is 0 Å². The number of amides is 1. The summed E-state index contributed by atoms with van der Waals surface area (Å²) in [6, 6.07) is 10.8. The molecule has 0 radical (unpaired) electrons. The highest BCUT2D eigenvalue weighted by molar-refractivity contribution is 6.03. The maximum absolute atomic E-state index is 11.4. The topological polar surface area (TPSA) is 49.3 Å². The minimum Gasteiger partial charge on any atom is -0.506 e. The van der Waals surface area contributed by atoms with Crippen molar-refractivity contribution in [3.05, 3.63) is 42.0 Å². The van der Waals surface area contributed by atoms with Gasteiger partial charge in [-0.2, -0.15) is 0 Å². The fraction of sp³-hybridized carbons (Fsp3) is 0.0833. The molecule has 0 aliphatic carbocycles. The number of phenols is 1. The van der Waals surface area contributed by atoms with Gasteiger partial charge in [-0.3, -0.25) is 4.79 Å². The number of carbonyl (C=O) groups is 1. The number of hydrogen-bond acceptors (Lipinski definition) is 2. The molecule has 0 saturated heterocycles. The Labute approximate surface area is 87.3 Å². The number of benzene rings is 2. The SMILES string of the molecule is CNC(=O)c1ccc2ccccc2c1O. The van der Waals surface area contributed by atoms with Gasteiger partial charge in [0.2, 0.25) is 0 Å². The van der Waals surface area contributed by atoms with Crippen LogP contribution in [0, 0.1) is 0 Å². The van der Waals surface area contributed by atoms with Crippen molar-refractivity contribution in [3.8, 4) is 5.75 Å². The number of hydrogen-bond donors (Lipinski definition) is 2. The molecule has 76 valence electrons. The largest absolute Gasteiger partial charge is 0.506 e. The number of carbonyl (C=O) groups excluding carboxylic acids is 1. The Hall–Kier alpha value is -2.03. The van der Waals surface area contributed by atoms with E-state index in [0.717, 1.165) is 5.39 Å². The molecule has 0 aliphatic rings. The van der Waals surface area contributed by atoms with Crippen molar-refractivity contribution in [3.63, 3.8) is 0 Å². The zero-order valence-corrected chi connectivity index (χ0v) is 8.32. The average molecular weight is 201 g/mol. The standard InChI is InChI=1S/C12H11NO2/c1-13-12(15)10-7-6-8-4-2-3-5-9(8)11(10)14/h2-7,14H,1H3,(H,13,15). The van der Waals surface area contributed by atoms with E-state index in [0.29, 0.717) is 10.9 Å². The van der Waals surface area contributed by atoms with Gasteiger partial charge in [0.25, 0.3) is 5.91 Å². The number of rotatable bonds is 1. The maximum Gasteiger partial charge on any atom is 0.254 e. The van der Waals surface area contributed by atoms with Crippen molar-refractivity contribution in [2.75, 3.05) is 7.05 Å². The molecule has 2 N–H and O–H groups in total. The molecule has 2 aromatic rings. The molecule has 0 atom stereocenters. The van der Waals surface area contributed by atoms with E-state index < -0.39 is 0 Å². The normalized spacial score (nSPS) is 10.2. The van der Waals surface area contributed by atoms with Crippen molar-refractivity contribution in [2.24, 2.45) is 0 Å². The molecule has 2 rings (SSSR count). The highest BCUT2D eigenvalue weighted by Gasteiger charge is 2.11. The lowest BCUT2D eigenvalue weighted by Crippen LogP contribution is -2.17. The molecule has 0 unspecified atom stereocenters. The summed E-state index contributed by atoms with van der Waals surface area (Å²) in [5, 5.41) is 14.0. The van der Waals surface area contributed by atoms with Gasteiger partial charge in [0, 0.05) is 12.4 Å². The van der Waals surface area contributed by atoms with Gasteiger partial charge in [-0.1, -0.05) is 30.3 Å². The first-order chi connectivity index (χ1) is 7.24. The van der Waals surface area contributed by atoms with E-state index in [-0.39, 0.29) is 11.7 Å². The fourth-order valence-electron chi connectivity index (χ4n) is 1.57. The van der Waals surface area contributed by atoms with Crippen LogP contribution in [0.5, 0.6) is 5.75 Å². The highest BCUT2D eigenvalue weighted by atomic mass is 16.3. The predicted octanol–water partition coefficient (Wildman–Crippen LogP) is 1.90. The van der Waals surface area contributed by atoms with Crippen LogP contribution in [-0.4, -0.2) is 18.1 Å². The van der Waals surface area contributed by atoms with Crippen LogP contribution in [0.2, 0.25) is 0 Å². The molecular weight excluding hydrogens is 190 g/mol. The Bertz CT molecular complexity index is 520. The number of phenolic OH excluding ortho intramolecular Hbond substituents is 1. The molecule has 0 heterocycles. The lowest BCUT2D eigenvalue weighted by Gasteiger charge is -2.06. The van der Waals surface area contributed by atoms with Crippen molar-refractivity contribution in [1.29, 1.82) is 0 Å². The van der Waals surface area contributed by atoms with Crippen LogP contribution in [0.1, 0.15) is 10.4 Å². The highest BCUT2D eigenvalue weighted by Crippen LogP contribution is 2.28. The lowest BCUT2D eigenvalue weighted by atomic mass is 10.1. The molecule has 0 saturated carbocycles. The Kier molecular flexibility index (Phi) is 2.29. The van der Waals surface area contributed by atoms with Gasteiger partial charge in [0.05, 0.1) is 5.56 Å². The minimum atomic E-state index is -0.279. The summed E-state index contributed by atoms with van der Waals surface area (Å²) >= 11 is 0. The first-order valence-corrected chi connectivity index (χ1v) is 4.67. The van der Waals surface area contributed by atoms with Crippen LogP contribution >= 0.6 is 0 Å². The third-order valence-electron chi connectivity index (χ3n) is 2.37. The fourth-order valence-corrected chi connectivity index (χ4v) is 1.57. The monoisotopic (exact) mass is 201 g/mol. The predicted molar refractivity (Wildman–Crippen MR) is 59.0 cm³/mol. The van der Waals surface area contributed by atoms with Crippen LogP contribution in [0.25, 0.3) is 10.8 Å². The van der Waals surface area contributed by atoms with Gasteiger partial charge in [0.15, 0.2) is 0 Å². The Morgan fingerprint density at radius 1 is 1.20 bits per heavy atom. The first kappa shape index (κ1) is 9.52. The summed E-state index contributed by atoms with van der Waals surface area (Å²) in [5.41, 5.74) is 0.302. The lowest BCUT2D eigenvalue weighted by molar-refractivity contribution is 0.0960. The van der Waals surface area contributed by atoms with E-state index in [1.165, 1.54) is 7.05 Å².